The van der Waals surface area contributed by atoms with Gasteiger partial charge in [-0.05, 0) is 73.7 Å². The van der Waals surface area contributed by atoms with E-state index in [0.717, 1.165) is 41.1 Å². The Hall–Kier alpha value is -3.55. The van der Waals surface area contributed by atoms with E-state index >= 15 is 0 Å². The fourth-order valence-corrected chi connectivity index (χ4v) is 3.43. The maximum atomic E-state index is 12.9. The van der Waals surface area contributed by atoms with E-state index in [0.29, 0.717) is 25.3 Å². The number of alkyl halides is 3. The monoisotopic (exact) mass is 486 g/mol. The van der Waals surface area contributed by atoms with Gasteiger partial charge in [0.05, 0.1) is 5.56 Å². The smallest absolute Gasteiger partial charge is 0.416 e. The third-order valence-electron chi connectivity index (χ3n) is 5.68. The highest BCUT2D eigenvalue weighted by atomic mass is 19.4. The molecule has 5 nitrogen and oxygen atoms in total. The normalized spacial score (nSPS) is 11.8. The zero-order chi connectivity index (χ0) is 25.6. The molecule has 186 valence electrons. The minimum Gasteiger partial charge on any atom is -0.478 e. The predicted molar refractivity (Wildman–Crippen MR) is 129 cm³/mol. The molecule has 2 aromatic carbocycles. The van der Waals surface area contributed by atoms with Gasteiger partial charge in [0.15, 0.2) is 5.60 Å². The van der Waals surface area contributed by atoms with Gasteiger partial charge >= 0.3 is 12.1 Å². The first-order valence-electron chi connectivity index (χ1n) is 11.4. The van der Waals surface area contributed by atoms with Gasteiger partial charge < -0.3 is 14.7 Å². The standard InChI is InChI=1S/C27H29F3N2O3/c1-4-19-9-14-24(31-17-19)32(18-21-5-10-22(11-6-21)27(28,29)30)16-15-20-7-12-23(13-8-20)35-26(2,3)25(33)34/h5-14,17H,4,15-16,18H2,1-3H3,(H,33,34). The van der Waals surface area contributed by atoms with Crippen molar-refractivity contribution in [1.29, 1.82) is 0 Å². The molecule has 1 heterocycles. The van der Waals surface area contributed by atoms with Crippen LogP contribution in [0.4, 0.5) is 19.0 Å². The topological polar surface area (TPSA) is 62.7 Å². The summed E-state index contributed by atoms with van der Waals surface area (Å²) in [5.74, 6) is 0.145. The zero-order valence-electron chi connectivity index (χ0n) is 20.0. The lowest BCUT2D eigenvalue weighted by atomic mass is 10.1. The Balaban J connectivity index is 1.74. The number of benzene rings is 2. The molecule has 0 saturated heterocycles. The summed E-state index contributed by atoms with van der Waals surface area (Å²) >= 11 is 0. The number of hydrogen-bond donors (Lipinski definition) is 1. The highest BCUT2D eigenvalue weighted by molar-refractivity contribution is 5.76. The molecule has 1 aromatic heterocycles. The lowest BCUT2D eigenvalue weighted by Gasteiger charge is -2.25. The molecule has 0 aliphatic heterocycles. The minimum absolute atomic E-state index is 0.407. The van der Waals surface area contributed by atoms with Gasteiger partial charge in [-0.3, -0.25) is 0 Å². The largest absolute Gasteiger partial charge is 0.478 e. The van der Waals surface area contributed by atoms with Crippen molar-refractivity contribution in [3.05, 3.63) is 89.1 Å². The molecule has 0 bridgehead atoms. The molecule has 35 heavy (non-hydrogen) atoms. The van der Waals surface area contributed by atoms with Gasteiger partial charge in [0, 0.05) is 19.3 Å². The Kier molecular flexibility index (Phi) is 8.04. The predicted octanol–water partition coefficient (Wildman–Crippen LogP) is 6.15. The second kappa shape index (κ2) is 10.8. The first kappa shape index (κ1) is 26.1. The first-order chi connectivity index (χ1) is 16.5. The Morgan fingerprint density at radius 3 is 2.06 bits per heavy atom. The van der Waals surface area contributed by atoms with Crippen molar-refractivity contribution in [1.82, 2.24) is 4.98 Å². The number of carboxylic acids is 1. The second-order valence-corrected chi connectivity index (χ2v) is 8.81. The molecule has 0 unspecified atom stereocenters. The van der Waals surface area contributed by atoms with E-state index in [2.05, 4.69) is 4.98 Å². The molecule has 0 spiro atoms. The molecular formula is C27H29F3N2O3. The number of aliphatic carboxylic acids is 1. The molecule has 0 saturated carbocycles. The van der Waals surface area contributed by atoms with E-state index in [1.165, 1.54) is 26.0 Å². The molecule has 0 aliphatic carbocycles. The molecular weight excluding hydrogens is 457 g/mol. The molecule has 1 N–H and O–H groups in total. The Morgan fingerprint density at radius 1 is 0.943 bits per heavy atom. The highest BCUT2D eigenvalue weighted by Gasteiger charge is 2.30. The fraction of sp³-hybridized carbons (Fsp3) is 0.333. The number of halogens is 3. The lowest BCUT2D eigenvalue weighted by Crippen LogP contribution is -2.37. The Bertz CT molecular complexity index is 1110. The third kappa shape index (κ3) is 7.21. The molecule has 3 rings (SSSR count). The number of aromatic nitrogens is 1. The Morgan fingerprint density at radius 2 is 1.54 bits per heavy atom. The van der Waals surface area contributed by atoms with Crippen LogP contribution < -0.4 is 9.64 Å². The molecule has 0 fully saturated rings. The van der Waals surface area contributed by atoms with Crippen molar-refractivity contribution in [3.8, 4) is 5.75 Å². The van der Waals surface area contributed by atoms with Crippen LogP contribution in [0, 0.1) is 0 Å². The summed E-state index contributed by atoms with van der Waals surface area (Å²) < 4.78 is 44.3. The summed E-state index contributed by atoms with van der Waals surface area (Å²) in [4.78, 5) is 17.9. The summed E-state index contributed by atoms with van der Waals surface area (Å²) in [6.45, 7) is 6.00. The molecule has 0 amide bonds. The molecule has 8 heteroatoms. The van der Waals surface area contributed by atoms with Crippen LogP contribution in [0.5, 0.6) is 5.75 Å². The van der Waals surface area contributed by atoms with Crippen LogP contribution in [0.3, 0.4) is 0 Å². The van der Waals surface area contributed by atoms with Crippen molar-refractivity contribution in [3.63, 3.8) is 0 Å². The SMILES string of the molecule is CCc1ccc(N(CCc2ccc(OC(C)(C)C(=O)O)cc2)Cc2ccc(C(F)(F)F)cc2)nc1. The summed E-state index contributed by atoms with van der Waals surface area (Å²) in [6, 6.07) is 16.3. The van der Waals surface area contributed by atoms with Gasteiger partial charge in [-0.2, -0.15) is 13.2 Å². The van der Waals surface area contributed by atoms with Crippen molar-refractivity contribution in [2.24, 2.45) is 0 Å². The minimum atomic E-state index is -4.37. The van der Waals surface area contributed by atoms with E-state index in [4.69, 9.17) is 4.74 Å². The van der Waals surface area contributed by atoms with E-state index in [9.17, 15) is 23.1 Å². The van der Waals surface area contributed by atoms with Crippen LogP contribution in [-0.4, -0.2) is 28.2 Å². The molecule has 0 radical (unpaired) electrons. The van der Waals surface area contributed by atoms with Crippen molar-refractivity contribution >= 4 is 11.8 Å². The van der Waals surface area contributed by atoms with Crippen molar-refractivity contribution in [2.45, 2.75) is 51.9 Å². The average molecular weight is 487 g/mol. The summed E-state index contributed by atoms with van der Waals surface area (Å²) in [5, 5.41) is 9.23. The molecule has 0 aliphatic rings. The van der Waals surface area contributed by atoms with Crippen LogP contribution in [0.15, 0.2) is 66.9 Å². The first-order valence-corrected chi connectivity index (χ1v) is 11.4. The van der Waals surface area contributed by atoms with E-state index in [1.54, 1.807) is 12.1 Å². The number of rotatable bonds is 10. The van der Waals surface area contributed by atoms with Crippen LogP contribution in [0.25, 0.3) is 0 Å². The van der Waals surface area contributed by atoms with Crippen LogP contribution in [0.2, 0.25) is 0 Å². The second-order valence-electron chi connectivity index (χ2n) is 8.81. The molecule has 0 atom stereocenters. The number of pyridine rings is 1. The van der Waals surface area contributed by atoms with Gasteiger partial charge in [-0.15, -0.1) is 0 Å². The summed E-state index contributed by atoms with van der Waals surface area (Å²) in [7, 11) is 0. The Labute approximate surface area is 203 Å². The number of carboxylic acid groups (broad SMARTS) is 1. The number of anilines is 1. The average Bonchev–Trinajstić information content (AvgIpc) is 2.82. The van der Waals surface area contributed by atoms with Gasteiger partial charge in [-0.1, -0.05) is 37.3 Å². The maximum Gasteiger partial charge on any atom is 0.416 e. The number of nitrogens with zero attached hydrogens (tertiary/aromatic N) is 2. The van der Waals surface area contributed by atoms with Gasteiger partial charge in [0.1, 0.15) is 11.6 Å². The van der Waals surface area contributed by atoms with E-state index in [1.807, 2.05) is 42.3 Å². The van der Waals surface area contributed by atoms with Gasteiger partial charge in [0.2, 0.25) is 0 Å². The van der Waals surface area contributed by atoms with Crippen LogP contribution in [0.1, 0.15) is 43.0 Å². The van der Waals surface area contributed by atoms with Crippen molar-refractivity contribution < 1.29 is 27.8 Å². The molecule has 3 aromatic rings. The maximum absolute atomic E-state index is 12.9. The third-order valence-corrected chi connectivity index (χ3v) is 5.68. The highest BCUT2D eigenvalue weighted by Crippen LogP contribution is 2.29. The van der Waals surface area contributed by atoms with Crippen LogP contribution in [-0.2, 0) is 30.4 Å². The summed E-state index contributed by atoms with van der Waals surface area (Å²) in [5.41, 5.74) is 0.845. The number of hydrogen-bond acceptors (Lipinski definition) is 4. The lowest BCUT2D eigenvalue weighted by molar-refractivity contribution is -0.152. The number of aryl methyl sites for hydroxylation is 1. The van der Waals surface area contributed by atoms with Gasteiger partial charge in [-0.25, -0.2) is 9.78 Å². The quantitative estimate of drug-likeness (QED) is 0.372. The fourth-order valence-electron chi connectivity index (χ4n) is 3.43. The van der Waals surface area contributed by atoms with Crippen molar-refractivity contribution in [2.75, 3.05) is 11.4 Å². The van der Waals surface area contributed by atoms with Crippen LogP contribution >= 0.6 is 0 Å². The van der Waals surface area contributed by atoms with E-state index < -0.39 is 23.3 Å². The number of carbonyl (C=O) groups is 1. The number of ether oxygens (including phenoxy) is 1. The summed E-state index contributed by atoms with van der Waals surface area (Å²) in [6.07, 6.45) is -1.05. The van der Waals surface area contributed by atoms with E-state index in [-0.39, 0.29) is 0 Å². The van der Waals surface area contributed by atoms with Gasteiger partial charge in [0.25, 0.3) is 0 Å². The zero-order valence-corrected chi connectivity index (χ0v) is 20.0.